The van der Waals surface area contributed by atoms with Crippen LogP contribution in [0.2, 0.25) is 0 Å². The van der Waals surface area contributed by atoms with Gasteiger partial charge in [-0.2, -0.15) is 33.5 Å². The van der Waals surface area contributed by atoms with Gasteiger partial charge >= 0.3 is 6.18 Å². The highest BCUT2D eigenvalue weighted by Crippen LogP contribution is 2.40. The number of hydrogen-bond acceptors (Lipinski definition) is 5. The number of aromatic nitrogens is 4. The second-order valence-electron chi connectivity index (χ2n) is 5.37. The quantitative estimate of drug-likeness (QED) is 0.903. The van der Waals surface area contributed by atoms with Gasteiger partial charge < -0.3 is 5.11 Å². The first-order valence-corrected chi connectivity index (χ1v) is 6.89. The third-order valence-electron chi connectivity index (χ3n) is 3.48. The fourth-order valence-electron chi connectivity index (χ4n) is 2.35. The van der Waals surface area contributed by atoms with Crippen LogP contribution in [0.15, 0.2) is 35.8 Å². The summed E-state index contributed by atoms with van der Waals surface area (Å²) in [7, 11) is 0. The van der Waals surface area contributed by atoms with E-state index < -0.39 is 24.2 Å². The molecule has 3 rings (SSSR count). The van der Waals surface area contributed by atoms with Gasteiger partial charge in [-0.05, 0) is 19.1 Å². The zero-order chi connectivity index (χ0) is 17.5. The Morgan fingerprint density at radius 2 is 2.12 bits per heavy atom. The molecule has 0 saturated carbocycles. The Morgan fingerprint density at radius 3 is 2.75 bits per heavy atom. The first-order chi connectivity index (χ1) is 11.2. The van der Waals surface area contributed by atoms with Gasteiger partial charge in [0.15, 0.2) is 5.69 Å². The Labute approximate surface area is 133 Å². The fourth-order valence-corrected chi connectivity index (χ4v) is 2.35. The van der Waals surface area contributed by atoms with Gasteiger partial charge in [0, 0.05) is 30.7 Å². The highest BCUT2D eigenvalue weighted by atomic mass is 19.4. The number of halogens is 3. The molecular formula is C13H13F3N6O2. The van der Waals surface area contributed by atoms with Crippen molar-refractivity contribution in [2.24, 2.45) is 5.10 Å². The van der Waals surface area contributed by atoms with Crippen molar-refractivity contribution < 1.29 is 23.1 Å². The number of amides is 1. The average molecular weight is 342 g/mol. The normalized spacial score (nSPS) is 21.2. The standard InChI is InChI=1S/C13H13F3N6O2/c1-9-7-12(24,13(14,15)16)22(18-9)11(23)10-3-6-21(19-10)8-20-5-2-4-17-20/h2-6,24H,7-8H2,1H3. The minimum Gasteiger partial charge on any atom is -0.362 e. The number of carbonyl (C=O) groups is 1. The molecule has 0 aromatic carbocycles. The predicted molar refractivity (Wildman–Crippen MR) is 74.8 cm³/mol. The second kappa shape index (κ2) is 5.44. The molecular weight excluding hydrogens is 329 g/mol. The summed E-state index contributed by atoms with van der Waals surface area (Å²) >= 11 is 0. The Bertz CT molecular complexity index is 782. The van der Waals surface area contributed by atoms with Crippen LogP contribution in [0.5, 0.6) is 0 Å². The molecule has 0 radical (unpaired) electrons. The van der Waals surface area contributed by atoms with Crippen LogP contribution in [0.1, 0.15) is 23.8 Å². The van der Waals surface area contributed by atoms with E-state index in [1.807, 2.05) is 0 Å². The van der Waals surface area contributed by atoms with Crippen molar-refractivity contribution in [3.8, 4) is 0 Å². The Hall–Kier alpha value is -2.69. The zero-order valence-electron chi connectivity index (χ0n) is 12.5. The topological polar surface area (TPSA) is 88.5 Å². The average Bonchev–Trinajstić information content (AvgIpc) is 3.19. The number of alkyl halides is 3. The van der Waals surface area contributed by atoms with Gasteiger partial charge in [-0.1, -0.05) is 0 Å². The minimum absolute atomic E-state index is 0.000788. The van der Waals surface area contributed by atoms with Crippen LogP contribution in [0.4, 0.5) is 13.2 Å². The highest BCUT2D eigenvalue weighted by molar-refractivity contribution is 5.96. The number of hydrazone groups is 1. The molecule has 0 aliphatic carbocycles. The van der Waals surface area contributed by atoms with E-state index in [2.05, 4.69) is 15.3 Å². The van der Waals surface area contributed by atoms with Gasteiger partial charge in [0.1, 0.15) is 6.67 Å². The Balaban J connectivity index is 1.84. The van der Waals surface area contributed by atoms with E-state index in [0.29, 0.717) is 0 Å². The maximum absolute atomic E-state index is 13.1. The highest BCUT2D eigenvalue weighted by Gasteiger charge is 2.63. The largest absolute Gasteiger partial charge is 0.438 e. The van der Waals surface area contributed by atoms with E-state index >= 15 is 0 Å². The first kappa shape index (κ1) is 16.2. The molecule has 1 unspecified atom stereocenters. The smallest absolute Gasteiger partial charge is 0.362 e. The molecule has 1 aliphatic rings. The van der Waals surface area contributed by atoms with E-state index in [1.54, 1.807) is 18.5 Å². The van der Waals surface area contributed by atoms with Crippen LogP contribution < -0.4 is 0 Å². The minimum atomic E-state index is -5.04. The maximum Gasteiger partial charge on any atom is 0.438 e. The van der Waals surface area contributed by atoms with Crippen LogP contribution in [0.25, 0.3) is 0 Å². The summed E-state index contributed by atoms with van der Waals surface area (Å²) in [5, 5.41) is 21.4. The molecule has 11 heteroatoms. The lowest BCUT2D eigenvalue weighted by Crippen LogP contribution is -2.56. The van der Waals surface area contributed by atoms with Crippen molar-refractivity contribution >= 4 is 11.6 Å². The lowest BCUT2D eigenvalue weighted by molar-refractivity contribution is -0.297. The Kier molecular flexibility index (Phi) is 3.67. The molecule has 2 aromatic heterocycles. The van der Waals surface area contributed by atoms with E-state index in [0.717, 1.165) is 0 Å². The SMILES string of the molecule is CC1=NN(C(=O)c2ccn(Cn3cccn3)n2)C(O)(C(F)(F)F)C1. The molecule has 1 amide bonds. The van der Waals surface area contributed by atoms with E-state index in [1.165, 1.54) is 28.6 Å². The van der Waals surface area contributed by atoms with Gasteiger partial charge in [-0.3, -0.25) is 14.2 Å². The van der Waals surface area contributed by atoms with Gasteiger partial charge in [-0.15, -0.1) is 0 Å². The molecule has 24 heavy (non-hydrogen) atoms. The number of hydrogen-bond donors (Lipinski definition) is 1. The number of nitrogens with zero attached hydrogens (tertiary/aromatic N) is 6. The summed E-state index contributed by atoms with van der Waals surface area (Å²) in [6, 6.07) is 2.95. The van der Waals surface area contributed by atoms with E-state index in [9.17, 15) is 23.1 Å². The molecule has 3 heterocycles. The summed E-state index contributed by atoms with van der Waals surface area (Å²) in [5.74, 6) is -1.13. The monoisotopic (exact) mass is 342 g/mol. The van der Waals surface area contributed by atoms with Crippen LogP contribution in [0.3, 0.4) is 0 Å². The number of carbonyl (C=O) groups excluding carboxylic acids is 1. The fraction of sp³-hybridized carbons (Fsp3) is 0.385. The lowest BCUT2D eigenvalue weighted by Gasteiger charge is -2.32. The summed E-state index contributed by atoms with van der Waals surface area (Å²) in [6.07, 6.45) is -1.19. The van der Waals surface area contributed by atoms with Gasteiger partial charge in [0.2, 0.25) is 0 Å². The third kappa shape index (κ3) is 2.66. The van der Waals surface area contributed by atoms with Crippen molar-refractivity contribution in [2.45, 2.75) is 31.9 Å². The molecule has 1 aliphatic heterocycles. The summed E-state index contributed by atoms with van der Waals surface area (Å²) in [5.41, 5.74) is -3.62. The Morgan fingerprint density at radius 1 is 1.38 bits per heavy atom. The number of rotatable bonds is 3. The van der Waals surface area contributed by atoms with Crippen LogP contribution >= 0.6 is 0 Å². The van der Waals surface area contributed by atoms with Crippen LogP contribution in [0, 0.1) is 0 Å². The number of aliphatic hydroxyl groups is 1. The zero-order valence-corrected chi connectivity index (χ0v) is 12.5. The summed E-state index contributed by atoms with van der Waals surface area (Å²) in [4.78, 5) is 12.3. The van der Waals surface area contributed by atoms with Crippen molar-refractivity contribution in [1.29, 1.82) is 0 Å². The third-order valence-corrected chi connectivity index (χ3v) is 3.48. The van der Waals surface area contributed by atoms with E-state index in [4.69, 9.17) is 0 Å². The van der Waals surface area contributed by atoms with Crippen LogP contribution in [-0.2, 0) is 6.67 Å². The molecule has 0 spiro atoms. The molecule has 8 nitrogen and oxygen atoms in total. The van der Waals surface area contributed by atoms with E-state index in [-0.39, 0.29) is 23.1 Å². The molecule has 1 atom stereocenters. The van der Waals surface area contributed by atoms with Crippen molar-refractivity contribution in [3.63, 3.8) is 0 Å². The molecule has 2 aromatic rings. The molecule has 0 fully saturated rings. The molecule has 0 bridgehead atoms. The van der Waals surface area contributed by atoms with Gasteiger partial charge in [-0.25, -0.2) is 0 Å². The van der Waals surface area contributed by atoms with Crippen molar-refractivity contribution in [2.75, 3.05) is 0 Å². The van der Waals surface area contributed by atoms with Crippen LogP contribution in [-0.4, -0.2) is 53.2 Å². The van der Waals surface area contributed by atoms with Crippen molar-refractivity contribution in [3.05, 3.63) is 36.4 Å². The molecule has 1 N–H and O–H groups in total. The molecule has 128 valence electrons. The maximum atomic E-state index is 13.1. The summed E-state index contributed by atoms with van der Waals surface area (Å²) < 4.78 is 42.3. The second-order valence-corrected chi connectivity index (χ2v) is 5.37. The van der Waals surface area contributed by atoms with Gasteiger partial charge in [0.05, 0.1) is 0 Å². The van der Waals surface area contributed by atoms with Gasteiger partial charge in [0.25, 0.3) is 11.6 Å². The van der Waals surface area contributed by atoms with Crippen molar-refractivity contribution in [1.82, 2.24) is 24.6 Å². The summed E-state index contributed by atoms with van der Waals surface area (Å²) in [6.45, 7) is 1.49. The lowest BCUT2D eigenvalue weighted by atomic mass is 10.1. The predicted octanol–water partition coefficient (Wildman–Crippen LogP) is 1.06. The first-order valence-electron chi connectivity index (χ1n) is 6.89. The molecule has 0 saturated heterocycles.